The molecule has 0 aliphatic rings. The minimum atomic E-state index is -4.02. The summed E-state index contributed by atoms with van der Waals surface area (Å²) in [6.07, 6.45) is 5.58. The molecule has 0 heterocycles. The lowest BCUT2D eigenvalue weighted by Gasteiger charge is -2.20. The van der Waals surface area contributed by atoms with Crippen LogP contribution in [-0.2, 0) is 14.9 Å². The maximum atomic E-state index is 10.5. The van der Waals surface area contributed by atoms with Crippen LogP contribution in [0.4, 0.5) is 0 Å². The van der Waals surface area contributed by atoms with Gasteiger partial charge in [0.05, 0.1) is 11.5 Å². The molecule has 1 rings (SSSR count). The second-order valence-electron chi connectivity index (χ2n) is 8.03. The molecule has 0 aromatic heterocycles. The third-order valence-corrected chi connectivity index (χ3v) is 5.19. The second-order valence-corrected chi connectivity index (χ2v) is 9.45. The van der Waals surface area contributed by atoms with Crippen LogP contribution in [-0.4, -0.2) is 46.8 Å². The van der Waals surface area contributed by atoms with Gasteiger partial charge in [0.25, 0.3) is 10.1 Å². The molecular formula is C23H49ClN2O6S. The molecule has 0 amide bonds. The summed E-state index contributed by atoms with van der Waals surface area (Å²) in [5, 5.41) is 17.2. The van der Waals surface area contributed by atoms with Crippen molar-refractivity contribution >= 4 is 28.5 Å². The monoisotopic (exact) mass is 516 g/mol. The molecule has 1 aromatic carbocycles. The largest absolute Gasteiger partial charge is 0.480 e. The summed E-state index contributed by atoms with van der Waals surface area (Å²) in [7, 11) is -4.02. The smallest absolute Gasteiger partial charge is 0.323 e. The number of hydrogen-bond donors (Lipinski definition) is 5. The topological polar surface area (TPSA) is 164 Å². The average molecular weight is 517 g/mol. The molecular weight excluding hydrogens is 468 g/mol. The van der Waals surface area contributed by atoms with E-state index < -0.39 is 21.6 Å². The SMILES string of the molecule is C.C.CCCC[C@@](C)(N)C(=O)O.CCCC[C@@](C)(N)CO.Cc1ccc(S(=O)(=O)O)cc1.Cl. The van der Waals surface area contributed by atoms with Crippen molar-refractivity contribution in [1.82, 2.24) is 0 Å². The Morgan fingerprint density at radius 1 is 0.970 bits per heavy atom. The Hall–Kier alpha value is -1.23. The minimum absolute atomic E-state index is 0. The Bertz CT molecular complexity index is 708. The van der Waals surface area contributed by atoms with E-state index in [4.69, 9.17) is 26.2 Å². The van der Waals surface area contributed by atoms with Crippen LogP contribution in [0.5, 0.6) is 0 Å². The van der Waals surface area contributed by atoms with Gasteiger partial charge in [-0.25, -0.2) is 0 Å². The van der Waals surface area contributed by atoms with Gasteiger partial charge in [-0.05, 0) is 45.7 Å². The van der Waals surface area contributed by atoms with E-state index in [0.717, 1.165) is 37.7 Å². The fraction of sp³-hybridized carbons (Fsp3) is 0.696. The standard InChI is InChI=1S/C7H15NO2.C7H17NO.C7H8O3S.2CH4.ClH/c1-3-4-5-7(2,8)6(9)10;1-3-4-5-7(2,8)6-9;1-6-2-4-7(5-3-6)11(8,9)10;;;/h3-5,8H2,1-2H3,(H,9,10);9H,3-6,8H2,1-2H3;2-5H,1H3,(H,8,9,10);2*1H4;1H/t2*7-;;;;/m11..../s1. The highest BCUT2D eigenvalue weighted by atomic mass is 35.5. The van der Waals surface area contributed by atoms with Crippen LogP contribution in [0.1, 0.15) is 86.6 Å². The molecule has 8 nitrogen and oxygen atoms in total. The summed E-state index contributed by atoms with van der Waals surface area (Å²) in [5.41, 5.74) is 10.7. The summed E-state index contributed by atoms with van der Waals surface area (Å²) in [6, 6.07) is 5.99. The lowest BCUT2D eigenvalue weighted by atomic mass is 9.97. The van der Waals surface area contributed by atoms with Crippen LogP contribution in [0.3, 0.4) is 0 Å². The number of unbranched alkanes of at least 4 members (excludes halogenated alkanes) is 2. The van der Waals surface area contributed by atoms with Crippen molar-refractivity contribution in [2.75, 3.05) is 6.61 Å². The molecule has 7 N–H and O–H groups in total. The van der Waals surface area contributed by atoms with Crippen molar-refractivity contribution in [3.8, 4) is 0 Å². The molecule has 0 radical (unpaired) electrons. The zero-order valence-electron chi connectivity index (χ0n) is 19.3. The van der Waals surface area contributed by atoms with Crippen molar-refractivity contribution in [1.29, 1.82) is 0 Å². The van der Waals surface area contributed by atoms with Crippen molar-refractivity contribution in [3.63, 3.8) is 0 Å². The van der Waals surface area contributed by atoms with E-state index in [0.29, 0.717) is 6.42 Å². The van der Waals surface area contributed by atoms with E-state index in [1.54, 1.807) is 19.1 Å². The number of nitrogens with two attached hydrogens (primary N) is 2. The third kappa shape index (κ3) is 22.3. The van der Waals surface area contributed by atoms with E-state index in [1.165, 1.54) is 12.1 Å². The highest BCUT2D eigenvalue weighted by Gasteiger charge is 2.26. The van der Waals surface area contributed by atoms with Crippen LogP contribution in [0.15, 0.2) is 29.2 Å². The first kappa shape index (κ1) is 42.0. The van der Waals surface area contributed by atoms with Gasteiger partial charge >= 0.3 is 5.97 Å². The number of rotatable bonds is 9. The predicted molar refractivity (Wildman–Crippen MR) is 141 cm³/mol. The van der Waals surface area contributed by atoms with Gasteiger partial charge in [0.1, 0.15) is 5.54 Å². The predicted octanol–water partition coefficient (Wildman–Crippen LogP) is 4.80. The van der Waals surface area contributed by atoms with Crippen LogP contribution < -0.4 is 11.5 Å². The first-order valence-electron chi connectivity index (χ1n) is 10.1. The van der Waals surface area contributed by atoms with E-state index >= 15 is 0 Å². The fourth-order valence-corrected chi connectivity index (χ4v) is 2.50. The number of carbonyl (C=O) groups is 1. The van der Waals surface area contributed by atoms with Crippen LogP contribution in [0.25, 0.3) is 0 Å². The van der Waals surface area contributed by atoms with E-state index in [-0.39, 0.29) is 44.3 Å². The quantitative estimate of drug-likeness (QED) is 0.292. The molecule has 0 aliphatic carbocycles. The molecule has 0 fully saturated rings. The highest BCUT2D eigenvalue weighted by Crippen LogP contribution is 2.10. The molecule has 10 heteroatoms. The van der Waals surface area contributed by atoms with Gasteiger partial charge in [0.2, 0.25) is 0 Å². The number of aliphatic hydroxyl groups is 1. The van der Waals surface area contributed by atoms with Gasteiger partial charge < -0.3 is 21.7 Å². The molecule has 0 unspecified atom stereocenters. The average Bonchev–Trinajstić information content (AvgIpc) is 2.65. The molecule has 0 aliphatic heterocycles. The molecule has 0 saturated carbocycles. The van der Waals surface area contributed by atoms with Crippen molar-refractivity contribution < 1.29 is 28.0 Å². The molecule has 0 bridgehead atoms. The molecule has 1 aromatic rings. The first-order chi connectivity index (χ1) is 13.6. The van der Waals surface area contributed by atoms with Crippen LogP contribution in [0.2, 0.25) is 0 Å². The molecule has 2 atom stereocenters. The third-order valence-electron chi connectivity index (χ3n) is 4.32. The van der Waals surface area contributed by atoms with E-state index in [9.17, 15) is 13.2 Å². The Balaban J connectivity index is -0.000000114. The zero-order chi connectivity index (χ0) is 24.0. The number of aryl methyl sites for hydroxylation is 1. The van der Waals surface area contributed by atoms with Gasteiger partial charge in [-0.2, -0.15) is 8.42 Å². The lowest BCUT2D eigenvalue weighted by Crippen LogP contribution is -2.44. The number of aliphatic hydroxyl groups excluding tert-OH is 1. The fourth-order valence-electron chi connectivity index (χ4n) is 2.02. The van der Waals surface area contributed by atoms with Crippen molar-refractivity contribution in [2.24, 2.45) is 11.5 Å². The Morgan fingerprint density at radius 3 is 1.67 bits per heavy atom. The van der Waals surface area contributed by atoms with E-state index in [2.05, 4.69) is 6.92 Å². The number of aliphatic carboxylic acids is 1. The number of halogens is 1. The second kappa shape index (κ2) is 20.2. The van der Waals surface area contributed by atoms with Gasteiger partial charge in [0, 0.05) is 5.54 Å². The zero-order valence-corrected chi connectivity index (χ0v) is 20.9. The Morgan fingerprint density at radius 2 is 1.36 bits per heavy atom. The number of carboxylic acids is 1. The summed E-state index contributed by atoms with van der Waals surface area (Å²) >= 11 is 0. The molecule has 0 spiro atoms. The minimum Gasteiger partial charge on any atom is -0.480 e. The Kier molecular flexibility index (Phi) is 25.7. The van der Waals surface area contributed by atoms with Crippen LogP contribution >= 0.6 is 12.4 Å². The number of hydrogen-bond acceptors (Lipinski definition) is 6. The van der Waals surface area contributed by atoms with Gasteiger partial charge in [-0.3, -0.25) is 9.35 Å². The number of benzene rings is 1. The first-order valence-corrected chi connectivity index (χ1v) is 11.5. The lowest BCUT2D eigenvalue weighted by molar-refractivity contribution is -0.142. The van der Waals surface area contributed by atoms with Gasteiger partial charge in [-0.15, -0.1) is 12.4 Å². The summed E-state index contributed by atoms with van der Waals surface area (Å²) in [4.78, 5) is 10.3. The van der Waals surface area contributed by atoms with Crippen LogP contribution in [0, 0.1) is 6.92 Å². The van der Waals surface area contributed by atoms with Crippen molar-refractivity contribution in [3.05, 3.63) is 29.8 Å². The van der Waals surface area contributed by atoms with Crippen molar-refractivity contribution in [2.45, 2.75) is 104 Å². The molecule has 33 heavy (non-hydrogen) atoms. The summed E-state index contributed by atoms with van der Waals surface area (Å²) in [5.74, 6) is -0.916. The maximum Gasteiger partial charge on any atom is 0.323 e. The summed E-state index contributed by atoms with van der Waals surface area (Å²) < 4.78 is 29.6. The Labute approximate surface area is 208 Å². The molecule has 0 saturated heterocycles. The molecule has 200 valence electrons. The number of carboxylic acid groups (broad SMARTS) is 1. The maximum absolute atomic E-state index is 10.5. The highest BCUT2D eigenvalue weighted by molar-refractivity contribution is 7.85. The van der Waals surface area contributed by atoms with E-state index in [1.807, 2.05) is 20.8 Å². The van der Waals surface area contributed by atoms with Gasteiger partial charge in [0.15, 0.2) is 0 Å². The summed E-state index contributed by atoms with van der Waals surface area (Å²) in [6.45, 7) is 9.49. The normalized spacial score (nSPS) is 13.5. The van der Waals surface area contributed by atoms with Gasteiger partial charge in [-0.1, -0.05) is 72.1 Å².